The fraction of sp³-hybridized carbons (Fsp3) is 0.933. The van der Waals surface area contributed by atoms with Crippen LogP contribution in [0.2, 0.25) is 0 Å². The lowest BCUT2D eigenvalue weighted by atomic mass is 9.92. The van der Waals surface area contributed by atoms with Crippen LogP contribution in [0.3, 0.4) is 0 Å². The predicted molar refractivity (Wildman–Crippen MR) is 77.8 cm³/mol. The van der Waals surface area contributed by atoms with E-state index in [1.807, 2.05) is 0 Å². The van der Waals surface area contributed by atoms with Gasteiger partial charge in [-0.2, -0.15) is 0 Å². The number of amides is 1. The molecule has 4 heteroatoms. The van der Waals surface area contributed by atoms with Crippen LogP contribution in [0.1, 0.15) is 52.4 Å². The second kappa shape index (κ2) is 9.32. The molecule has 1 aliphatic rings. The summed E-state index contributed by atoms with van der Waals surface area (Å²) in [7, 11) is 0. The molecule has 0 spiro atoms. The van der Waals surface area contributed by atoms with Crippen molar-refractivity contribution in [2.45, 2.75) is 58.4 Å². The first-order valence-electron chi connectivity index (χ1n) is 7.74. The van der Waals surface area contributed by atoms with E-state index in [1.165, 1.54) is 0 Å². The van der Waals surface area contributed by atoms with E-state index in [9.17, 15) is 4.79 Å². The maximum Gasteiger partial charge on any atom is 0.220 e. The van der Waals surface area contributed by atoms with Crippen LogP contribution in [-0.2, 0) is 9.53 Å². The molecule has 1 rings (SSSR count). The van der Waals surface area contributed by atoms with Crippen LogP contribution in [0.4, 0.5) is 0 Å². The fourth-order valence-corrected chi connectivity index (χ4v) is 2.78. The molecule has 0 aromatic rings. The summed E-state index contributed by atoms with van der Waals surface area (Å²) in [5.41, 5.74) is 5.58. The number of nitrogens with two attached hydrogens (primary N) is 1. The van der Waals surface area contributed by atoms with Crippen molar-refractivity contribution in [2.75, 3.05) is 19.8 Å². The van der Waals surface area contributed by atoms with Crippen LogP contribution < -0.4 is 11.1 Å². The Hall–Kier alpha value is -0.610. The van der Waals surface area contributed by atoms with E-state index in [4.69, 9.17) is 10.5 Å². The van der Waals surface area contributed by atoms with Gasteiger partial charge in [0.15, 0.2) is 0 Å². The highest BCUT2D eigenvalue weighted by Gasteiger charge is 2.21. The topological polar surface area (TPSA) is 64.4 Å². The normalized spacial score (nSPS) is 19.9. The number of hydrogen-bond donors (Lipinski definition) is 2. The Morgan fingerprint density at radius 3 is 2.63 bits per heavy atom. The van der Waals surface area contributed by atoms with Crippen molar-refractivity contribution in [3.05, 3.63) is 0 Å². The number of ether oxygens (including phenoxy) is 1. The molecule has 1 fully saturated rings. The van der Waals surface area contributed by atoms with E-state index in [2.05, 4.69) is 19.2 Å². The van der Waals surface area contributed by atoms with Gasteiger partial charge in [0.05, 0.1) is 0 Å². The summed E-state index contributed by atoms with van der Waals surface area (Å²) in [5.74, 6) is 1.35. The molecular weight excluding hydrogens is 240 g/mol. The second-order valence-corrected chi connectivity index (χ2v) is 5.70. The average Bonchev–Trinajstić information content (AvgIpc) is 2.44. The van der Waals surface area contributed by atoms with Crippen LogP contribution in [-0.4, -0.2) is 31.7 Å². The smallest absolute Gasteiger partial charge is 0.220 e. The number of rotatable bonds is 8. The third-order valence-electron chi connectivity index (χ3n) is 4.29. The van der Waals surface area contributed by atoms with Gasteiger partial charge in [-0.1, -0.05) is 13.3 Å². The maximum absolute atomic E-state index is 11.9. The lowest BCUT2D eigenvalue weighted by molar-refractivity contribution is -0.122. The summed E-state index contributed by atoms with van der Waals surface area (Å²) in [6, 6.07) is 0.269. The Morgan fingerprint density at radius 1 is 1.37 bits per heavy atom. The van der Waals surface area contributed by atoms with Crippen molar-refractivity contribution in [2.24, 2.45) is 17.6 Å². The highest BCUT2D eigenvalue weighted by Crippen LogP contribution is 2.19. The summed E-state index contributed by atoms with van der Waals surface area (Å²) < 4.78 is 5.35. The van der Waals surface area contributed by atoms with Crippen molar-refractivity contribution >= 4 is 5.91 Å². The molecule has 4 nitrogen and oxygen atoms in total. The van der Waals surface area contributed by atoms with Crippen molar-refractivity contribution in [1.29, 1.82) is 0 Å². The molecule has 0 aromatic heterocycles. The van der Waals surface area contributed by atoms with E-state index in [0.717, 1.165) is 51.9 Å². The maximum atomic E-state index is 11.9. The van der Waals surface area contributed by atoms with E-state index in [-0.39, 0.29) is 11.9 Å². The SMILES string of the molecule is CCC(CCN)CCC(=O)NC(C)C1CCOCC1. The predicted octanol–water partition coefficient (Wildman–Crippen LogP) is 2.07. The lowest BCUT2D eigenvalue weighted by Crippen LogP contribution is -2.40. The van der Waals surface area contributed by atoms with Gasteiger partial charge in [0.25, 0.3) is 0 Å². The van der Waals surface area contributed by atoms with Gasteiger partial charge < -0.3 is 15.8 Å². The van der Waals surface area contributed by atoms with Crippen molar-refractivity contribution in [1.82, 2.24) is 5.32 Å². The molecule has 19 heavy (non-hydrogen) atoms. The lowest BCUT2D eigenvalue weighted by Gasteiger charge is -2.28. The van der Waals surface area contributed by atoms with Gasteiger partial charge in [-0.15, -0.1) is 0 Å². The standard InChI is InChI=1S/C15H30N2O2/c1-3-13(6-9-16)4-5-15(18)17-12(2)14-7-10-19-11-8-14/h12-14H,3-11,16H2,1-2H3,(H,17,18). The Morgan fingerprint density at radius 2 is 2.05 bits per heavy atom. The minimum atomic E-state index is 0.189. The fourth-order valence-electron chi connectivity index (χ4n) is 2.78. The molecule has 112 valence electrons. The number of hydrogen-bond acceptors (Lipinski definition) is 3. The van der Waals surface area contributed by atoms with E-state index < -0.39 is 0 Å². The first-order chi connectivity index (χ1) is 9.17. The minimum Gasteiger partial charge on any atom is -0.381 e. The van der Waals surface area contributed by atoms with Crippen molar-refractivity contribution in [3.8, 4) is 0 Å². The summed E-state index contributed by atoms with van der Waals surface area (Å²) in [6.07, 6.45) is 5.85. The van der Waals surface area contributed by atoms with Crippen molar-refractivity contribution in [3.63, 3.8) is 0 Å². The summed E-state index contributed by atoms with van der Waals surface area (Å²) in [5, 5.41) is 3.15. The van der Waals surface area contributed by atoms with Crippen LogP contribution in [0.15, 0.2) is 0 Å². The van der Waals surface area contributed by atoms with Crippen LogP contribution in [0, 0.1) is 11.8 Å². The molecule has 2 unspecified atom stereocenters. The van der Waals surface area contributed by atoms with Gasteiger partial charge in [0.1, 0.15) is 0 Å². The molecule has 1 heterocycles. The van der Waals surface area contributed by atoms with Crippen LogP contribution in [0.5, 0.6) is 0 Å². The molecular formula is C15H30N2O2. The van der Waals surface area contributed by atoms with Gasteiger partial charge in [-0.25, -0.2) is 0 Å². The van der Waals surface area contributed by atoms with Gasteiger partial charge in [0.2, 0.25) is 5.91 Å². The van der Waals surface area contributed by atoms with Crippen molar-refractivity contribution < 1.29 is 9.53 Å². The molecule has 2 atom stereocenters. The zero-order valence-electron chi connectivity index (χ0n) is 12.5. The Bertz CT molecular complexity index is 253. The molecule has 1 saturated heterocycles. The second-order valence-electron chi connectivity index (χ2n) is 5.70. The Labute approximate surface area is 117 Å². The molecule has 0 aromatic carbocycles. The molecule has 0 radical (unpaired) electrons. The summed E-state index contributed by atoms with van der Waals surface area (Å²) in [6.45, 7) is 6.67. The average molecular weight is 270 g/mol. The quantitative estimate of drug-likeness (QED) is 0.709. The van der Waals surface area contributed by atoms with E-state index in [0.29, 0.717) is 18.3 Å². The van der Waals surface area contributed by atoms with E-state index >= 15 is 0 Å². The Balaban J connectivity index is 2.21. The monoisotopic (exact) mass is 270 g/mol. The van der Waals surface area contributed by atoms with Gasteiger partial charge in [-0.3, -0.25) is 4.79 Å². The molecule has 0 aliphatic carbocycles. The summed E-state index contributed by atoms with van der Waals surface area (Å²) in [4.78, 5) is 11.9. The molecule has 0 bridgehead atoms. The van der Waals surface area contributed by atoms with Crippen LogP contribution in [0.25, 0.3) is 0 Å². The van der Waals surface area contributed by atoms with Crippen LogP contribution >= 0.6 is 0 Å². The highest BCUT2D eigenvalue weighted by molar-refractivity contribution is 5.76. The zero-order valence-corrected chi connectivity index (χ0v) is 12.5. The van der Waals surface area contributed by atoms with E-state index in [1.54, 1.807) is 0 Å². The summed E-state index contributed by atoms with van der Waals surface area (Å²) >= 11 is 0. The minimum absolute atomic E-state index is 0.189. The van der Waals surface area contributed by atoms with Gasteiger partial charge in [-0.05, 0) is 51.0 Å². The molecule has 0 saturated carbocycles. The number of carbonyl (C=O) groups excluding carboxylic acids is 1. The molecule has 1 amide bonds. The Kier molecular flexibility index (Phi) is 8.07. The highest BCUT2D eigenvalue weighted by atomic mass is 16.5. The number of nitrogens with one attached hydrogen (secondary N) is 1. The molecule has 1 aliphatic heterocycles. The first-order valence-corrected chi connectivity index (χ1v) is 7.74. The first kappa shape index (κ1) is 16.4. The number of carbonyl (C=O) groups is 1. The third-order valence-corrected chi connectivity index (χ3v) is 4.29. The molecule has 3 N–H and O–H groups in total. The van der Waals surface area contributed by atoms with Gasteiger partial charge in [0, 0.05) is 25.7 Å². The largest absolute Gasteiger partial charge is 0.381 e. The third kappa shape index (κ3) is 6.39. The van der Waals surface area contributed by atoms with Gasteiger partial charge >= 0.3 is 0 Å². The zero-order chi connectivity index (χ0) is 14.1.